The predicted molar refractivity (Wildman–Crippen MR) is 120 cm³/mol. The van der Waals surface area contributed by atoms with E-state index >= 15 is 0 Å². The molecule has 10 nitrogen and oxygen atoms in total. The van der Waals surface area contributed by atoms with Gasteiger partial charge in [-0.05, 0) is 36.4 Å². The molecule has 0 saturated carbocycles. The van der Waals surface area contributed by atoms with Gasteiger partial charge >= 0.3 is 11.9 Å². The van der Waals surface area contributed by atoms with Crippen LogP contribution in [0.5, 0.6) is 11.5 Å². The number of hydrogen-bond acceptors (Lipinski definition) is 8. The quantitative estimate of drug-likeness (QED) is 0.216. The molecule has 0 unspecified atom stereocenters. The summed E-state index contributed by atoms with van der Waals surface area (Å²) < 4.78 is 22.2. The van der Waals surface area contributed by atoms with Crippen LogP contribution in [-0.2, 0) is 20.8 Å². The summed E-state index contributed by atoms with van der Waals surface area (Å²) in [6.07, 6.45) is 1.27. The van der Waals surface area contributed by atoms with Gasteiger partial charge in [0.1, 0.15) is 42.7 Å². The van der Waals surface area contributed by atoms with Crippen LogP contribution < -0.4 is 20.6 Å². The molecule has 0 aliphatic heterocycles. The first-order valence-electron chi connectivity index (χ1n) is 9.86. The monoisotopic (exact) mass is 453 g/mol. The number of nitrogens with two attached hydrogens (primary N) is 1. The Kier molecular flexibility index (Phi) is 7.29. The summed E-state index contributed by atoms with van der Waals surface area (Å²) in [5.74, 6) is -0.322. The molecule has 0 spiro atoms. The summed E-state index contributed by atoms with van der Waals surface area (Å²) in [5.41, 5.74) is 5.73. The number of nitrogens with one attached hydrogen (secondary N) is 1. The minimum Gasteiger partial charge on any atom is -0.490 e. The minimum absolute atomic E-state index is 0.0226. The number of nitrogen functional groups attached to an aromatic ring is 1. The highest BCUT2D eigenvalue weighted by molar-refractivity contribution is 5.95. The van der Waals surface area contributed by atoms with Crippen molar-refractivity contribution in [1.82, 2.24) is 4.57 Å². The maximum atomic E-state index is 12.7. The first-order valence-corrected chi connectivity index (χ1v) is 9.86. The van der Waals surface area contributed by atoms with Crippen LogP contribution in [0.1, 0.15) is 15.9 Å². The molecule has 172 valence electrons. The Bertz CT molecular complexity index is 1250. The van der Waals surface area contributed by atoms with E-state index in [1.165, 1.54) is 31.0 Å². The van der Waals surface area contributed by atoms with Crippen LogP contribution in [-0.4, -0.2) is 49.8 Å². The van der Waals surface area contributed by atoms with E-state index in [2.05, 4.69) is 4.74 Å². The molecule has 0 atom stereocenters. The second-order valence-electron chi connectivity index (χ2n) is 6.88. The van der Waals surface area contributed by atoms with E-state index < -0.39 is 17.4 Å². The third-order valence-electron chi connectivity index (χ3n) is 4.77. The molecule has 33 heavy (non-hydrogen) atoms. The Balaban J connectivity index is 1.77. The molecule has 0 radical (unpaired) electrons. The van der Waals surface area contributed by atoms with Crippen molar-refractivity contribution in [2.24, 2.45) is 5.73 Å². The van der Waals surface area contributed by atoms with Gasteiger partial charge in [0.2, 0.25) is 5.43 Å². The molecule has 1 heterocycles. The lowest BCUT2D eigenvalue weighted by molar-refractivity contribution is -0.141. The lowest BCUT2D eigenvalue weighted by Gasteiger charge is -2.14. The smallest absolute Gasteiger partial charge is 0.343 e. The molecule has 1 aromatic heterocycles. The summed E-state index contributed by atoms with van der Waals surface area (Å²) in [4.78, 5) is 36.6. The molecule has 2 aromatic carbocycles. The van der Waals surface area contributed by atoms with Gasteiger partial charge in [0.15, 0.2) is 0 Å². The third-order valence-corrected chi connectivity index (χ3v) is 4.77. The third kappa shape index (κ3) is 5.48. The largest absolute Gasteiger partial charge is 0.490 e. The highest BCUT2D eigenvalue weighted by atomic mass is 16.5. The van der Waals surface area contributed by atoms with Crippen LogP contribution >= 0.6 is 0 Å². The second-order valence-corrected chi connectivity index (χ2v) is 6.88. The Hall–Kier alpha value is -4.34. The molecule has 10 heteroatoms. The van der Waals surface area contributed by atoms with E-state index in [1.54, 1.807) is 36.4 Å². The topological polar surface area (TPSA) is 143 Å². The van der Waals surface area contributed by atoms with Gasteiger partial charge < -0.3 is 29.2 Å². The van der Waals surface area contributed by atoms with Crippen molar-refractivity contribution in [2.45, 2.75) is 6.54 Å². The molecule has 0 fully saturated rings. The number of carbonyl (C=O) groups is 2. The molecule has 0 bridgehead atoms. The number of pyridine rings is 1. The van der Waals surface area contributed by atoms with Crippen LogP contribution in [0.4, 0.5) is 0 Å². The minimum atomic E-state index is -0.797. The Labute approximate surface area is 188 Å². The van der Waals surface area contributed by atoms with E-state index in [0.29, 0.717) is 22.6 Å². The van der Waals surface area contributed by atoms with Crippen LogP contribution in [0.15, 0.2) is 53.5 Å². The van der Waals surface area contributed by atoms with Gasteiger partial charge in [0, 0.05) is 23.2 Å². The van der Waals surface area contributed by atoms with Gasteiger partial charge in [0.05, 0.1) is 19.7 Å². The number of methoxy groups -OCH3 is 2. The number of fused-ring (bicyclic) bond motifs is 1. The highest BCUT2D eigenvalue weighted by Gasteiger charge is 2.18. The zero-order valence-electron chi connectivity index (χ0n) is 18.1. The fourth-order valence-corrected chi connectivity index (χ4v) is 3.10. The number of carbonyl (C=O) groups excluding carboxylic acids is 2. The van der Waals surface area contributed by atoms with Crippen molar-refractivity contribution >= 4 is 28.7 Å². The van der Waals surface area contributed by atoms with Crippen molar-refractivity contribution in [2.75, 3.05) is 27.4 Å². The van der Waals surface area contributed by atoms with Crippen molar-refractivity contribution in [3.8, 4) is 11.5 Å². The van der Waals surface area contributed by atoms with Crippen LogP contribution in [0.25, 0.3) is 10.9 Å². The summed E-state index contributed by atoms with van der Waals surface area (Å²) in [5, 5.41) is 7.63. The molecule has 0 aliphatic carbocycles. The normalized spacial score (nSPS) is 10.5. The summed E-state index contributed by atoms with van der Waals surface area (Å²) in [6.45, 7) is 0.245. The molecule has 3 rings (SSSR count). The van der Waals surface area contributed by atoms with E-state index in [-0.39, 0.29) is 36.5 Å². The number of esters is 2. The highest BCUT2D eigenvalue weighted by Crippen LogP contribution is 2.20. The van der Waals surface area contributed by atoms with Crippen LogP contribution in [0, 0.1) is 5.41 Å². The zero-order valence-corrected chi connectivity index (χ0v) is 18.1. The van der Waals surface area contributed by atoms with E-state index in [9.17, 15) is 14.4 Å². The number of aromatic nitrogens is 1. The average molecular weight is 453 g/mol. The van der Waals surface area contributed by atoms with Gasteiger partial charge in [-0.1, -0.05) is 0 Å². The number of rotatable bonds is 9. The molecular weight excluding hydrogens is 430 g/mol. The Morgan fingerprint density at radius 1 is 0.970 bits per heavy atom. The molecule has 3 aromatic rings. The predicted octanol–water partition coefficient (Wildman–Crippen LogP) is 1.70. The molecule has 0 amide bonds. The maximum absolute atomic E-state index is 12.7. The first-order chi connectivity index (χ1) is 15.8. The second kappa shape index (κ2) is 10.3. The Morgan fingerprint density at radius 3 is 2.21 bits per heavy atom. The van der Waals surface area contributed by atoms with Gasteiger partial charge in [0.25, 0.3) is 0 Å². The lowest BCUT2D eigenvalue weighted by atomic mass is 10.1. The first kappa shape index (κ1) is 23.3. The number of ether oxygens (including phenoxy) is 4. The van der Waals surface area contributed by atoms with Gasteiger partial charge in [-0.25, -0.2) is 4.79 Å². The fraction of sp³-hybridized carbons (Fsp3) is 0.217. The lowest BCUT2D eigenvalue weighted by Crippen LogP contribution is -2.22. The molecular formula is C23H23N3O7. The Morgan fingerprint density at radius 2 is 1.61 bits per heavy atom. The van der Waals surface area contributed by atoms with Gasteiger partial charge in [-0.3, -0.25) is 15.0 Å². The molecule has 3 N–H and O–H groups in total. The number of amidine groups is 1. The summed E-state index contributed by atoms with van der Waals surface area (Å²) in [7, 11) is 2.42. The van der Waals surface area contributed by atoms with Crippen molar-refractivity contribution in [1.29, 1.82) is 5.41 Å². The average Bonchev–Trinajstić information content (AvgIpc) is 2.83. The standard InChI is InChI=1S/C23H23N3O7/c1-30-20(27)13-26-12-18(23(29)31-2)21(28)17-8-7-16(11-19(17)26)33-10-9-32-15-5-3-14(4-6-15)22(24)25/h3-8,11-12H,9-10,13H2,1-2H3,(H3,24,25). The van der Waals surface area contributed by atoms with Crippen LogP contribution in [0.3, 0.4) is 0 Å². The number of benzene rings is 2. The van der Waals surface area contributed by atoms with Crippen molar-refractivity contribution in [3.63, 3.8) is 0 Å². The number of hydrogen-bond donors (Lipinski definition) is 2. The van der Waals surface area contributed by atoms with Gasteiger partial charge in [-0.2, -0.15) is 0 Å². The van der Waals surface area contributed by atoms with Gasteiger partial charge in [-0.15, -0.1) is 0 Å². The van der Waals surface area contributed by atoms with E-state index in [0.717, 1.165) is 0 Å². The van der Waals surface area contributed by atoms with Crippen molar-refractivity contribution < 1.29 is 28.5 Å². The van der Waals surface area contributed by atoms with E-state index in [1.807, 2.05) is 0 Å². The summed E-state index contributed by atoms with van der Waals surface area (Å²) >= 11 is 0. The summed E-state index contributed by atoms with van der Waals surface area (Å²) in [6, 6.07) is 11.5. The number of nitrogens with zero attached hydrogens (tertiary/aromatic N) is 1. The molecule has 0 saturated heterocycles. The zero-order chi connectivity index (χ0) is 24.0. The SMILES string of the molecule is COC(=O)Cn1cc(C(=O)OC)c(=O)c2ccc(OCCOc3ccc(C(=N)N)cc3)cc21. The van der Waals surface area contributed by atoms with E-state index in [4.69, 9.17) is 25.4 Å². The van der Waals surface area contributed by atoms with Crippen molar-refractivity contribution in [3.05, 3.63) is 70.0 Å². The molecule has 0 aliphatic rings. The maximum Gasteiger partial charge on any atom is 0.343 e. The fourth-order valence-electron chi connectivity index (χ4n) is 3.10. The van der Waals surface area contributed by atoms with Crippen LogP contribution in [0.2, 0.25) is 0 Å².